The predicted molar refractivity (Wildman–Crippen MR) is 101 cm³/mol. The number of carbonyl (C=O) groups is 1. The van der Waals surface area contributed by atoms with Gasteiger partial charge in [-0.2, -0.15) is 5.10 Å². The summed E-state index contributed by atoms with van der Waals surface area (Å²) < 4.78 is 1.74. The van der Waals surface area contributed by atoms with Crippen LogP contribution in [-0.4, -0.2) is 27.2 Å². The summed E-state index contributed by atoms with van der Waals surface area (Å²) in [5, 5.41) is 7.07. The first-order valence-corrected chi connectivity index (χ1v) is 7.56. The minimum absolute atomic E-state index is 0. The lowest BCUT2D eigenvalue weighted by Gasteiger charge is -2.28. The minimum atomic E-state index is -0.498. The van der Waals surface area contributed by atoms with E-state index in [2.05, 4.69) is 15.4 Å². The molecule has 1 aromatic carbocycles. The van der Waals surface area contributed by atoms with Crippen LogP contribution in [0.2, 0.25) is 0 Å². The number of hydrogen-bond acceptors (Lipinski definition) is 4. The summed E-state index contributed by atoms with van der Waals surface area (Å²) in [4.78, 5) is 16.5. The van der Waals surface area contributed by atoms with Crippen molar-refractivity contribution in [2.45, 2.75) is 33.2 Å². The van der Waals surface area contributed by atoms with Gasteiger partial charge >= 0.3 is 0 Å². The molecule has 3 N–H and O–H groups in total. The number of benzene rings is 1. The average molecular weight is 374 g/mol. The number of aromatic nitrogens is 3. The number of amides is 1. The normalized spacial score (nSPS) is 10.5. The molecular weight excluding hydrogens is 349 g/mol. The summed E-state index contributed by atoms with van der Waals surface area (Å²) in [7, 11) is 0. The minimum Gasteiger partial charge on any atom is -0.329 e. The van der Waals surface area contributed by atoms with Crippen LogP contribution in [0.1, 0.15) is 32.3 Å². The SMILES string of the molecule is CCC(CC)(CN)C(=O)Nc1cccc(Cn2cncn2)c1.Cl.Cl. The third kappa shape index (κ3) is 5.19. The van der Waals surface area contributed by atoms with Crippen molar-refractivity contribution in [3.63, 3.8) is 0 Å². The topological polar surface area (TPSA) is 85.8 Å². The zero-order valence-corrected chi connectivity index (χ0v) is 15.6. The monoisotopic (exact) mass is 373 g/mol. The molecule has 24 heavy (non-hydrogen) atoms. The predicted octanol–water partition coefficient (Wildman–Crippen LogP) is 2.87. The van der Waals surface area contributed by atoms with Crippen molar-refractivity contribution in [1.29, 1.82) is 0 Å². The molecule has 0 atom stereocenters. The highest BCUT2D eigenvalue weighted by Gasteiger charge is 2.33. The Labute approximate surface area is 155 Å². The maximum Gasteiger partial charge on any atom is 0.231 e. The van der Waals surface area contributed by atoms with Crippen molar-refractivity contribution >= 4 is 36.4 Å². The molecule has 0 saturated heterocycles. The summed E-state index contributed by atoms with van der Waals surface area (Å²) in [5.74, 6) is -0.0158. The lowest BCUT2D eigenvalue weighted by atomic mass is 9.81. The summed E-state index contributed by atoms with van der Waals surface area (Å²) in [6.07, 6.45) is 4.62. The fourth-order valence-electron chi connectivity index (χ4n) is 2.47. The molecule has 1 amide bonds. The van der Waals surface area contributed by atoms with Gasteiger partial charge in [-0.1, -0.05) is 26.0 Å². The zero-order valence-electron chi connectivity index (χ0n) is 13.9. The van der Waals surface area contributed by atoms with Gasteiger partial charge in [0.05, 0.1) is 12.0 Å². The molecule has 1 aromatic heterocycles. The Kier molecular flexibility index (Phi) is 9.58. The van der Waals surface area contributed by atoms with Crippen LogP contribution in [0.4, 0.5) is 5.69 Å². The van der Waals surface area contributed by atoms with E-state index in [1.165, 1.54) is 6.33 Å². The fraction of sp³-hybridized carbons (Fsp3) is 0.438. The Morgan fingerprint density at radius 1 is 1.29 bits per heavy atom. The van der Waals surface area contributed by atoms with Crippen LogP contribution in [0.5, 0.6) is 0 Å². The molecule has 1 heterocycles. The number of halogens is 2. The lowest BCUT2D eigenvalue weighted by molar-refractivity contribution is -0.125. The third-order valence-electron chi connectivity index (χ3n) is 4.22. The van der Waals surface area contributed by atoms with E-state index in [0.717, 1.165) is 24.1 Å². The van der Waals surface area contributed by atoms with Gasteiger partial charge in [0, 0.05) is 12.2 Å². The van der Waals surface area contributed by atoms with Crippen LogP contribution >= 0.6 is 24.8 Å². The van der Waals surface area contributed by atoms with Crippen LogP contribution < -0.4 is 11.1 Å². The van der Waals surface area contributed by atoms with Crippen molar-refractivity contribution in [3.05, 3.63) is 42.5 Å². The maximum atomic E-state index is 12.5. The molecular formula is C16H25Cl2N5O. The largest absolute Gasteiger partial charge is 0.329 e. The number of nitrogens with one attached hydrogen (secondary N) is 1. The van der Waals surface area contributed by atoms with Gasteiger partial charge in [0.1, 0.15) is 12.7 Å². The van der Waals surface area contributed by atoms with E-state index < -0.39 is 5.41 Å². The molecule has 2 rings (SSSR count). The van der Waals surface area contributed by atoms with Crippen molar-refractivity contribution < 1.29 is 4.79 Å². The highest BCUT2D eigenvalue weighted by atomic mass is 35.5. The van der Waals surface area contributed by atoms with E-state index in [1.54, 1.807) is 11.0 Å². The lowest BCUT2D eigenvalue weighted by Crippen LogP contribution is -2.41. The van der Waals surface area contributed by atoms with Crippen molar-refractivity contribution in [2.75, 3.05) is 11.9 Å². The second-order valence-corrected chi connectivity index (χ2v) is 5.44. The number of rotatable bonds is 7. The van der Waals surface area contributed by atoms with Crippen molar-refractivity contribution in [2.24, 2.45) is 11.1 Å². The summed E-state index contributed by atoms with van der Waals surface area (Å²) in [5.41, 5.74) is 7.16. The molecule has 0 spiro atoms. The fourth-order valence-corrected chi connectivity index (χ4v) is 2.47. The van der Waals surface area contributed by atoms with Gasteiger partial charge in [0.2, 0.25) is 5.91 Å². The van der Waals surface area contributed by atoms with E-state index in [1.807, 2.05) is 38.1 Å². The molecule has 0 unspecified atom stereocenters. The van der Waals surface area contributed by atoms with Crippen LogP contribution in [0, 0.1) is 5.41 Å². The van der Waals surface area contributed by atoms with E-state index >= 15 is 0 Å². The third-order valence-corrected chi connectivity index (χ3v) is 4.22. The standard InChI is InChI=1S/C16H23N5O.2ClH/c1-3-16(4-2,10-17)15(22)20-14-7-5-6-13(8-14)9-21-12-18-11-19-21;;/h5-8,11-12H,3-4,9-10,17H2,1-2H3,(H,20,22);2*1H. The van der Waals surface area contributed by atoms with Gasteiger partial charge < -0.3 is 11.1 Å². The first kappa shape index (κ1) is 22.4. The molecule has 0 aliphatic heterocycles. The van der Waals surface area contributed by atoms with Gasteiger partial charge in [-0.15, -0.1) is 24.8 Å². The maximum absolute atomic E-state index is 12.5. The Bertz CT molecular complexity index is 606. The van der Waals surface area contributed by atoms with Gasteiger partial charge in [-0.25, -0.2) is 9.67 Å². The highest BCUT2D eigenvalue weighted by Crippen LogP contribution is 2.27. The van der Waals surface area contributed by atoms with Crippen LogP contribution in [0.3, 0.4) is 0 Å². The van der Waals surface area contributed by atoms with Gasteiger partial charge in [-0.3, -0.25) is 4.79 Å². The second-order valence-electron chi connectivity index (χ2n) is 5.44. The number of anilines is 1. The average Bonchev–Trinajstić information content (AvgIpc) is 3.03. The molecule has 134 valence electrons. The van der Waals surface area contributed by atoms with Crippen LogP contribution in [0.15, 0.2) is 36.9 Å². The van der Waals surface area contributed by atoms with E-state index in [4.69, 9.17) is 5.73 Å². The van der Waals surface area contributed by atoms with E-state index in [0.29, 0.717) is 13.1 Å². The van der Waals surface area contributed by atoms with E-state index in [9.17, 15) is 4.79 Å². The molecule has 0 bridgehead atoms. The van der Waals surface area contributed by atoms with Crippen LogP contribution in [0.25, 0.3) is 0 Å². The van der Waals surface area contributed by atoms with Crippen molar-refractivity contribution in [3.8, 4) is 0 Å². The van der Waals surface area contributed by atoms with Crippen LogP contribution in [-0.2, 0) is 11.3 Å². The smallest absolute Gasteiger partial charge is 0.231 e. The Hall–Kier alpha value is -1.63. The molecule has 8 heteroatoms. The quantitative estimate of drug-likeness (QED) is 0.780. The molecule has 0 radical (unpaired) electrons. The Balaban J connectivity index is 0.00000264. The first-order valence-electron chi connectivity index (χ1n) is 7.56. The van der Waals surface area contributed by atoms with Gasteiger partial charge in [-0.05, 0) is 30.5 Å². The summed E-state index contributed by atoms with van der Waals surface area (Å²) in [6, 6.07) is 7.75. The molecule has 6 nitrogen and oxygen atoms in total. The Morgan fingerprint density at radius 2 is 2.00 bits per heavy atom. The second kappa shape index (κ2) is 10.3. The van der Waals surface area contributed by atoms with Gasteiger partial charge in [0.15, 0.2) is 0 Å². The highest BCUT2D eigenvalue weighted by molar-refractivity contribution is 5.95. The summed E-state index contributed by atoms with van der Waals surface area (Å²) >= 11 is 0. The molecule has 0 fully saturated rings. The molecule has 0 saturated carbocycles. The Morgan fingerprint density at radius 3 is 2.54 bits per heavy atom. The molecule has 2 aromatic rings. The van der Waals surface area contributed by atoms with E-state index in [-0.39, 0.29) is 30.7 Å². The number of nitrogens with two attached hydrogens (primary N) is 1. The summed E-state index contributed by atoms with van der Waals surface area (Å²) in [6.45, 7) is 4.96. The first-order chi connectivity index (χ1) is 10.6. The number of nitrogens with zero attached hydrogens (tertiary/aromatic N) is 3. The number of carbonyl (C=O) groups excluding carboxylic acids is 1. The van der Waals surface area contributed by atoms with Gasteiger partial charge in [0.25, 0.3) is 0 Å². The molecule has 0 aliphatic carbocycles. The zero-order chi connectivity index (χ0) is 16.0. The number of hydrogen-bond donors (Lipinski definition) is 2. The van der Waals surface area contributed by atoms with Crippen molar-refractivity contribution in [1.82, 2.24) is 14.8 Å². The molecule has 0 aliphatic rings.